The maximum absolute atomic E-state index is 12.7. The van der Waals surface area contributed by atoms with Gasteiger partial charge in [0, 0.05) is 25.3 Å². The number of rotatable bonds is 9. The van der Waals surface area contributed by atoms with Crippen molar-refractivity contribution >= 4 is 11.8 Å². The Bertz CT molecular complexity index is 787. The molecule has 5 heteroatoms. The van der Waals surface area contributed by atoms with E-state index >= 15 is 0 Å². The van der Waals surface area contributed by atoms with Gasteiger partial charge in [-0.1, -0.05) is 5.92 Å². The topological polar surface area (TPSA) is 61.8 Å². The first-order chi connectivity index (χ1) is 13.0. The predicted molar refractivity (Wildman–Crippen MR) is 104 cm³/mol. The second kappa shape index (κ2) is 11.6. The first-order valence-electron chi connectivity index (χ1n) is 8.73. The van der Waals surface area contributed by atoms with Gasteiger partial charge < -0.3 is 14.2 Å². The number of esters is 1. The maximum atomic E-state index is 12.7. The lowest BCUT2D eigenvalue weighted by Gasteiger charge is -2.16. The minimum Gasteiger partial charge on any atom is -0.497 e. The van der Waals surface area contributed by atoms with E-state index in [2.05, 4.69) is 23.7 Å². The van der Waals surface area contributed by atoms with Crippen LogP contribution < -0.4 is 9.47 Å². The summed E-state index contributed by atoms with van der Waals surface area (Å²) in [6, 6.07) is 3.30. The largest absolute Gasteiger partial charge is 0.497 e. The standard InChI is InChI=1S/C22H26O5/c1-6-8-10-12-19(23)22-17(13-18(25-4)15-20(22)26-5)14-21(24)27-16(3)11-9-7-2/h13,15-16H,10-12,14H2,1-5H3/t16-/m0/s1. The van der Waals surface area contributed by atoms with E-state index < -0.39 is 5.97 Å². The number of benzene rings is 1. The summed E-state index contributed by atoms with van der Waals surface area (Å²) in [5.41, 5.74) is 0.883. The molecule has 0 saturated heterocycles. The molecule has 0 aromatic heterocycles. The fraction of sp³-hybridized carbons (Fsp3) is 0.455. The molecule has 144 valence electrons. The average Bonchev–Trinajstić information content (AvgIpc) is 2.65. The number of carbonyl (C=O) groups is 2. The van der Waals surface area contributed by atoms with Crippen LogP contribution in [0.25, 0.3) is 0 Å². The normalized spacial score (nSPS) is 10.6. The molecular formula is C22H26O5. The molecule has 0 spiro atoms. The van der Waals surface area contributed by atoms with Crippen molar-refractivity contribution < 1.29 is 23.8 Å². The Labute approximate surface area is 161 Å². The van der Waals surface area contributed by atoms with Crippen LogP contribution >= 0.6 is 0 Å². The molecule has 1 atom stereocenters. The molecule has 0 unspecified atom stereocenters. The van der Waals surface area contributed by atoms with E-state index in [1.54, 1.807) is 32.9 Å². The number of hydrogen-bond acceptors (Lipinski definition) is 5. The average molecular weight is 370 g/mol. The van der Waals surface area contributed by atoms with Gasteiger partial charge in [-0.25, -0.2) is 0 Å². The molecule has 5 nitrogen and oxygen atoms in total. The van der Waals surface area contributed by atoms with Crippen molar-refractivity contribution in [1.82, 2.24) is 0 Å². The summed E-state index contributed by atoms with van der Waals surface area (Å²) < 4.78 is 16.0. The summed E-state index contributed by atoms with van der Waals surface area (Å²) in [6.07, 6.45) is 0.773. The van der Waals surface area contributed by atoms with Gasteiger partial charge in [-0.2, -0.15) is 0 Å². The third kappa shape index (κ3) is 7.07. The molecule has 1 aromatic carbocycles. The fourth-order valence-corrected chi connectivity index (χ4v) is 2.51. The van der Waals surface area contributed by atoms with Crippen LogP contribution in [0.15, 0.2) is 12.1 Å². The molecule has 1 rings (SSSR count). The van der Waals surface area contributed by atoms with Crippen LogP contribution in [0, 0.1) is 23.7 Å². The smallest absolute Gasteiger partial charge is 0.310 e. The molecule has 0 aliphatic heterocycles. The molecule has 0 bridgehead atoms. The van der Waals surface area contributed by atoms with Crippen molar-refractivity contribution in [3.05, 3.63) is 23.3 Å². The van der Waals surface area contributed by atoms with E-state index in [-0.39, 0.29) is 24.7 Å². The van der Waals surface area contributed by atoms with Crippen molar-refractivity contribution in [1.29, 1.82) is 0 Å². The number of methoxy groups -OCH3 is 2. The Balaban J connectivity index is 3.12. The lowest BCUT2D eigenvalue weighted by atomic mass is 9.96. The number of ether oxygens (including phenoxy) is 3. The van der Waals surface area contributed by atoms with Gasteiger partial charge in [0.2, 0.25) is 0 Å². The predicted octanol–water partition coefficient (Wildman–Crippen LogP) is 3.58. The van der Waals surface area contributed by atoms with Gasteiger partial charge in [0.1, 0.15) is 17.6 Å². The van der Waals surface area contributed by atoms with Crippen molar-refractivity contribution in [3.63, 3.8) is 0 Å². The zero-order valence-corrected chi connectivity index (χ0v) is 16.6. The zero-order chi connectivity index (χ0) is 20.2. The van der Waals surface area contributed by atoms with E-state index in [1.165, 1.54) is 14.2 Å². The summed E-state index contributed by atoms with van der Waals surface area (Å²) in [5, 5.41) is 0. The van der Waals surface area contributed by atoms with Crippen LogP contribution in [0.3, 0.4) is 0 Å². The van der Waals surface area contributed by atoms with Gasteiger partial charge in [-0.3, -0.25) is 9.59 Å². The molecule has 0 aliphatic rings. The lowest BCUT2D eigenvalue weighted by molar-refractivity contribution is -0.147. The van der Waals surface area contributed by atoms with Crippen molar-refractivity contribution in [3.8, 4) is 35.2 Å². The maximum Gasteiger partial charge on any atom is 0.310 e. The van der Waals surface area contributed by atoms with Crippen LogP contribution in [-0.4, -0.2) is 32.1 Å². The summed E-state index contributed by atoms with van der Waals surface area (Å²) in [6.45, 7) is 5.24. The lowest BCUT2D eigenvalue weighted by Crippen LogP contribution is -2.18. The zero-order valence-electron chi connectivity index (χ0n) is 16.6. The third-order valence-electron chi connectivity index (χ3n) is 3.78. The van der Waals surface area contributed by atoms with Crippen LogP contribution in [0.5, 0.6) is 11.5 Å². The second-order valence-electron chi connectivity index (χ2n) is 5.82. The molecule has 1 aromatic rings. The van der Waals surface area contributed by atoms with Crippen molar-refractivity contribution in [2.75, 3.05) is 14.2 Å². The first kappa shape index (κ1) is 22.1. The molecule has 0 fully saturated rings. The van der Waals surface area contributed by atoms with Gasteiger partial charge in [0.15, 0.2) is 5.78 Å². The highest BCUT2D eigenvalue weighted by Gasteiger charge is 2.22. The minimum absolute atomic E-state index is 0.0576. The monoisotopic (exact) mass is 370 g/mol. The Morgan fingerprint density at radius 1 is 1.07 bits per heavy atom. The molecule has 0 heterocycles. The molecular weight excluding hydrogens is 344 g/mol. The highest BCUT2D eigenvalue weighted by molar-refractivity contribution is 6.01. The number of Topliss-reactive ketones (excluding diaryl/α,β-unsaturated/α-hetero) is 1. The van der Waals surface area contributed by atoms with E-state index in [4.69, 9.17) is 14.2 Å². The molecule has 0 N–H and O–H groups in total. The van der Waals surface area contributed by atoms with Gasteiger partial charge in [-0.15, -0.1) is 17.8 Å². The number of carbonyl (C=O) groups excluding carboxylic acids is 2. The summed E-state index contributed by atoms with van der Waals surface area (Å²) >= 11 is 0. The fourth-order valence-electron chi connectivity index (χ4n) is 2.51. The van der Waals surface area contributed by atoms with E-state index in [0.29, 0.717) is 35.5 Å². The van der Waals surface area contributed by atoms with Gasteiger partial charge >= 0.3 is 5.97 Å². The van der Waals surface area contributed by atoms with Crippen LogP contribution in [0.2, 0.25) is 0 Å². The third-order valence-corrected chi connectivity index (χ3v) is 3.78. The molecule has 0 radical (unpaired) electrons. The van der Waals surface area contributed by atoms with Crippen molar-refractivity contribution in [2.45, 2.75) is 52.6 Å². The highest BCUT2D eigenvalue weighted by atomic mass is 16.5. The summed E-state index contributed by atoms with van der Waals surface area (Å²) in [5.74, 6) is 11.6. The van der Waals surface area contributed by atoms with E-state index in [9.17, 15) is 9.59 Å². The van der Waals surface area contributed by atoms with Gasteiger partial charge in [0.05, 0.1) is 26.2 Å². The SMILES string of the molecule is CC#CCCC(=O)c1c(CC(=O)O[C@@H](C)CC#CC)cc(OC)cc1OC. The van der Waals surface area contributed by atoms with Gasteiger partial charge in [0.25, 0.3) is 0 Å². The highest BCUT2D eigenvalue weighted by Crippen LogP contribution is 2.31. The number of hydrogen-bond donors (Lipinski definition) is 0. The summed E-state index contributed by atoms with van der Waals surface area (Å²) in [7, 11) is 2.99. The quantitative estimate of drug-likeness (QED) is 0.378. The minimum atomic E-state index is -0.432. The number of ketones is 1. The Hall–Kier alpha value is -2.92. The molecule has 27 heavy (non-hydrogen) atoms. The van der Waals surface area contributed by atoms with Crippen LogP contribution in [-0.2, 0) is 16.0 Å². The molecule has 0 amide bonds. The van der Waals surface area contributed by atoms with E-state index in [1.807, 2.05) is 0 Å². The Morgan fingerprint density at radius 2 is 1.78 bits per heavy atom. The molecule has 0 aliphatic carbocycles. The van der Waals surface area contributed by atoms with Crippen molar-refractivity contribution in [2.24, 2.45) is 0 Å². The Morgan fingerprint density at radius 3 is 2.37 bits per heavy atom. The van der Waals surface area contributed by atoms with Crippen LogP contribution in [0.4, 0.5) is 0 Å². The summed E-state index contributed by atoms with van der Waals surface area (Å²) in [4.78, 5) is 25.0. The first-order valence-corrected chi connectivity index (χ1v) is 8.73. The Kier molecular flexibility index (Phi) is 9.54. The van der Waals surface area contributed by atoms with Gasteiger partial charge in [-0.05, 0) is 32.4 Å². The van der Waals surface area contributed by atoms with Crippen LogP contribution in [0.1, 0.15) is 56.0 Å². The van der Waals surface area contributed by atoms with E-state index in [0.717, 1.165) is 0 Å². The second-order valence-corrected chi connectivity index (χ2v) is 5.82. The molecule has 0 saturated carbocycles.